The molecule has 2 aromatic rings. The van der Waals surface area contributed by atoms with Crippen LogP contribution in [0.5, 0.6) is 0 Å². The fourth-order valence-electron chi connectivity index (χ4n) is 2.36. The Morgan fingerprint density at radius 3 is 2.65 bits per heavy atom. The van der Waals surface area contributed by atoms with Crippen LogP contribution in [-0.2, 0) is 4.79 Å². The molecular weight excluding hydrogens is 369 g/mol. The smallest absolute Gasteiger partial charge is 0.267 e. The predicted molar refractivity (Wildman–Crippen MR) is 108 cm³/mol. The molecule has 0 aliphatic rings. The van der Waals surface area contributed by atoms with E-state index in [1.54, 1.807) is 12.1 Å². The fourth-order valence-corrected chi connectivity index (χ4v) is 2.70. The topological polar surface area (TPSA) is 64.9 Å². The molecule has 1 atom stereocenters. The molecule has 0 aromatic heterocycles. The molecule has 0 saturated heterocycles. The first-order valence-corrected chi connectivity index (χ1v) is 8.94. The average Bonchev–Trinajstić information content (AvgIpc) is 2.65. The Balaban J connectivity index is 2.19. The second-order valence-electron chi connectivity index (χ2n) is 5.79. The second kappa shape index (κ2) is 9.28. The van der Waals surface area contributed by atoms with Crippen molar-refractivity contribution >= 4 is 40.5 Å². The molecule has 1 unspecified atom stereocenters. The molecule has 2 rings (SSSR count). The SMILES string of the molecule is CCC(C)c1ccccc1N/C=C(/C#N)C(=O)Nc1cc(Cl)ccc1Cl. The number of amides is 1. The molecule has 0 bridgehead atoms. The van der Waals surface area contributed by atoms with E-state index in [2.05, 4.69) is 24.5 Å². The Hall–Kier alpha value is -2.48. The van der Waals surface area contributed by atoms with Crippen molar-refractivity contribution in [3.05, 3.63) is 69.8 Å². The van der Waals surface area contributed by atoms with Crippen LogP contribution in [0.1, 0.15) is 31.7 Å². The molecule has 0 aliphatic carbocycles. The van der Waals surface area contributed by atoms with E-state index >= 15 is 0 Å². The number of nitriles is 1. The van der Waals surface area contributed by atoms with E-state index in [1.165, 1.54) is 12.3 Å². The lowest BCUT2D eigenvalue weighted by atomic mass is 9.97. The minimum Gasteiger partial charge on any atom is -0.360 e. The molecule has 4 nitrogen and oxygen atoms in total. The first-order chi connectivity index (χ1) is 12.5. The van der Waals surface area contributed by atoms with Gasteiger partial charge in [-0.15, -0.1) is 0 Å². The monoisotopic (exact) mass is 387 g/mol. The minimum atomic E-state index is -0.565. The minimum absolute atomic E-state index is 0.0694. The maximum absolute atomic E-state index is 12.4. The third-order valence-corrected chi connectivity index (χ3v) is 4.58. The number of benzene rings is 2. The number of anilines is 2. The summed E-state index contributed by atoms with van der Waals surface area (Å²) in [7, 11) is 0. The first kappa shape index (κ1) is 19.8. The van der Waals surface area contributed by atoms with Gasteiger partial charge in [0.1, 0.15) is 11.6 Å². The van der Waals surface area contributed by atoms with Crippen molar-refractivity contribution in [3.63, 3.8) is 0 Å². The second-order valence-corrected chi connectivity index (χ2v) is 6.63. The van der Waals surface area contributed by atoms with Gasteiger partial charge in [0.25, 0.3) is 5.91 Å². The summed E-state index contributed by atoms with van der Waals surface area (Å²) >= 11 is 12.0. The standard InChI is InChI=1S/C20H19Cl2N3O/c1-3-13(2)16-6-4-5-7-18(16)24-12-14(11-23)20(26)25-19-10-15(21)8-9-17(19)22/h4-10,12-13,24H,3H2,1-2H3,(H,25,26)/b14-12-. The van der Waals surface area contributed by atoms with Gasteiger partial charge in [-0.2, -0.15) is 5.26 Å². The number of rotatable bonds is 6. The lowest BCUT2D eigenvalue weighted by Crippen LogP contribution is -2.15. The molecule has 0 heterocycles. The van der Waals surface area contributed by atoms with Crippen molar-refractivity contribution in [1.82, 2.24) is 0 Å². The highest BCUT2D eigenvalue weighted by Gasteiger charge is 2.13. The van der Waals surface area contributed by atoms with E-state index in [0.717, 1.165) is 17.7 Å². The van der Waals surface area contributed by atoms with Gasteiger partial charge in [0.2, 0.25) is 0 Å². The van der Waals surface area contributed by atoms with Crippen LogP contribution in [0.25, 0.3) is 0 Å². The van der Waals surface area contributed by atoms with E-state index in [4.69, 9.17) is 23.2 Å². The third kappa shape index (κ3) is 5.01. The number of hydrogen-bond acceptors (Lipinski definition) is 3. The average molecular weight is 388 g/mol. The lowest BCUT2D eigenvalue weighted by molar-refractivity contribution is -0.112. The van der Waals surface area contributed by atoms with Crippen LogP contribution >= 0.6 is 23.2 Å². The number of carbonyl (C=O) groups is 1. The van der Waals surface area contributed by atoms with E-state index in [9.17, 15) is 10.1 Å². The number of nitrogens with zero attached hydrogens (tertiary/aromatic N) is 1. The highest BCUT2D eigenvalue weighted by Crippen LogP contribution is 2.27. The van der Waals surface area contributed by atoms with Gasteiger partial charge in [-0.25, -0.2) is 0 Å². The number of carbonyl (C=O) groups excluding carboxylic acids is 1. The van der Waals surface area contributed by atoms with Gasteiger partial charge in [0.05, 0.1) is 10.7 Å². The lowest BCUT2D eigenvalue weighted by Gasteiger charge is -2.14. The van der Waals surface area contributed by atoms with Crippen LogP contribution < -0.4 is 10.6 Å². The summed E-state index contributed by atoms with van der Waals surface area (Å²) < 4.78 is 0. The van der Waals surface area contributed by atoms with Crippen LogP contribution in [0.3, 0.4) is 0 Å². The molecule has 2 N–H and O–H groups in total. The molecule has 0 aliphatic heterocycles. The molecular formula is C20H19Cl2N3O. The van der Waals surface area contributed by atoms with Crippen LogP contribution in [0.4, 0.5) is 11.4 Å². The van der Waals surface area contributed by atoms with Crippen LogP contribution in [-0.4, -0.2) is 5.91 Å². The molecule has 0 fully saturated rings. The Morgan fingerprint density at radius 2 is 1.96 bits per heavy atom. The summed E-state index contributed by atoms with van der Waals surface area (Å²) in [5, 5.41) is 15.8. The van der Waals surface area contributed by atoms with Gasteiger partial charge >= 0.3 is 0 Å². The Kier molecular flexibility index (Phi) is 7.08. The maximum Gasteiger partial charge on any atom is 0.267 e. The molecule has 26 heavy (non-hydrogen) atoms. The number of halogens is 2. The van der Waals surface area contributed by atoms with Gasteiger partial charge in [0, 0.05) is 16.9 Å². The van der Waals surface area contributed by atoms with E-state index in [0.29, 0.717) is 21.7 Å². The highest BCUT2D eigenvalue weighted by atomic mass is 35.5. The van der Waals surface area contributed by atoms with Gasteiger partial charge < -0.3 is 10.6 Å². The summed E-state index contributed by atoms with van der Waals surface area (Å²) in [6.07, 6.45) is 2.39. The molecule has 0 spiro atoms. The van der Waals surface area contributed by atoms with Gasteiger partial charge in [-0.3, -0.25) is 4.79 Å². The van der Waals surface area contributed by atoms with E-state index in [1.807, 2.05) is 30.3 Å². The summed E-state index contributed by atoms with van der Waals surface area (Å²) in [6, 6.07) is 14.4. The molecule has 1 amide bonds. The normalized spacial score (nSPS) is 12.2. The summed E-state index contributed by atoms with van der Waals surface area (Å²) in [6.45, 7) is 4.24. The Labute approximate surface area is 163 Å². The molecule has 0 saturated carbocycles. The zero-order valence-electron chi connectivity index (χ0n) is 14.5. The predicted octanol–water partition coefficient (Wildman–Crippen LogP) is 5.96. The van der Waals surface area contributed by atoms with Crippen molar-refractivity contribution in [2.75, 3.05) is 10.6 Å². The number of hydrogen-bond donors (Lipinski definition) is 2. The summed E-state index contributed by atoms with van der Waals surface area (Å²) in [4.78, 5) is 12.4. The molecule has 0 radical (unpaired) electrons. The molecule has 134 valence electrons. The van der Waals surface area contributed by atoms with Crippen molar-refractivity contribution in [2.24, 2.45) is 0 Å². The largest absolute Gasteiger partial charge is 0.360 e. The zero-order valence-corrected chi connectivity index (χ0v) is 16.0. The van der Waals surface area contributed by atoms with E-state index < -0.39 is 5.91 Å². The number of nitrogens with one attached hydrogen (secondary N) is 2. The van der Waals surface area contributed by atoms with Crippen molar-refractivity contribution in [1.29, 1.82) is 5.26 Å². The van der Waals surface area contributed by atoms with Crippen LogP contribution in [0.2, 0.25) is 10.0 Å². The molecule has 2 aromatic carbocycles. The van der Waals surface area contributed by atoms with Crippen LogP contribution in [0, 0.1) is 11.3 Å². The van der Waals surface area contributed by atoms with Crippen LogP contribution in [0.15, 0.2) is 54.2 Å². The quantitative estimate of drug-likeness (QED) is 0.474. The number of para-hydroxylation sites is 1. The van der Waals surface area contributed by atoms with Gasteiger partial charge in [0.15, 0.2) is 0 Å². The van der Waals surface area contributed by atoms with Crippen molar-refractivity contribution in [3.8, 4) is 6.07 Å². The fraction of sp³-hybridized carbons (Fsp3) is 0.200. The maximum atomic E-state index is 12.4. The van der Waals surface area contributed by atoms with Gasteiger partial charge in [-0.05, 0) is 42.2 Å². The first-order valence-electron chi connectivity index (χ1n) is 8.18. The van der Waals surface area contributed by atoms with Gasteiger partial charge in [-0.1, -0.05) is 55.2 Å². The van der Waals surface area contributed by atoms with E-state index in [-0.39, 0.29) is 5.57 Å². The summed E-state index contributed by atoms with van der Waals surface area (Å²) in [5.41, 5.74) is 2.27. The van der Waals surface area contributed by atoms with Crippen molar-refractivity contribution in [2.45, 2.75) is 26.2 Å². The van der Waals surface area contributed by atoms with Crippen molar-refractivity contribution < 1.29 is 4.79 Å². The summed E-state index contributed by atoms with van der Waals surface area (Å²) in [5.74, 6) is -0.207. The molecule has 6 heteroatoms. The third-order valence-electron chi connectivity index (χ3n) is 4.02. The highest BCUT2D eigenvalue weighted by molar-refractivity contribution is 6.35. The zero-order chi connectivity index (χ0) is 19.1. The Bertz CT molecular complexity index is 872. The Morgan fingerprint density at radius 1 is 1.23 bits per heavy atom.